The van der Waals surface area contributed by atoms with E-state index in [1.54, 1.807) is 42.5 Å². The van der Waals surface area contributed by atoms with E-state index in [4.69, 9.17) is 0 Å². The number of aryl methyl sites for hydroxylation is 1. The SMILES string of the molecule is COC(=O)[C@@H](NS(=O)(=O)c1ccc(C)cc1)C(O)c1ccccc1. The molecule has 0 heterocycles. The Morgan fingerprint density at radius 3 is 2.21 bits per heavy atom. The number of hydrogen-bond acceptors (Lipinski definition) is 5. The molecule has 2 atom stereocenters. The molecule has 0 aliphatic carbocycles. The van der Waals surface area contributed by atoms with Crippen molar-refractivity contribution in [2.75, 3.05) is 7.11 Å². The lowest BCUT2D eigenvalue weighted by Crippen LogP contribution is -2.45. The predicted octanol–water partition coefficient (Wildman–Crippen LogP) is 1.55. The molecule has 128 valence electrons. The fourth-order valence-corrected chi connectivity index (χ4v) is 3.35. The standard InChI is InChI=1S/C17H19NO5S/c1-12-8-10-14(11-9-12)24(21,22)18-15(17(20)23-2)16(19)13-6-4-3-5-7-13/h3-11,15-16,18-19H,1-2H3/t15-,16?/m0/s1. The number of benzene rings is 2. The second kappa shape index (κ2) is 7.57. The lowest BCUT2D eigenvalue weighted by Gasteiger charge is -2.22. The first-order valence-corrected chi connectivity index (χ1v) is 8.73. The number of hydrogen-bond donors (Lipinski definition) is 2. The fraction of sp³-hybridized carbons (Fsp3) is 0.235. The molecule has 0 amide bonds. The highest BCUT2D eigenvalue weighted by atomic mass is 32.2. The van der Waals surface area contributed by atoms with Gasteiger partial charge in [0.1, 0.15) is 12.1 Å². The molecule has 2 aromatic carbocycles. The van der Waals surface area contributed by atoms with Crippen LogP contribution in [0.15, 0.2) is 59.5 Å². The number of aliphatic hydroxyl groups excluding tert-OH is 1. The average Bonchev–Trinajstić information content (AvgIpc) is 2.59. The normalized spacial score (nSPS) is 14.0. The zero-order valence-corrected chi connectivity index (χ0v) is 14.2. The van der Waals surface area contributed by atoms with Gasteiger partial charge in [-0.15, -0.1) is 0 Å². The Balaban J connectivity index is 2.32. The van der Waals surface area contributed by atoms with Crippen LogP contribution >= 0.6 is 0 Å². The van der Waals surface area contributed by atoms with Gasteiger partial charge in [0.25, 0.3) is 0 Å². The molecule has 0 fully saturated rings. The largest absolute Gasteiger partial charge is 0.468 e. The smallest absolute Gasteiger partial charge is 0.326 e. The van der Waals surface area contributed by atoms with E-state index in [1.165, 1.54) is 12.1 Å². The minimum Gasteiger partial charge on any atom is -0.468 e. The lowest BCUT2D eigenvalue weighted by molar-refractivity contribution is -0.145. The molecule has 0 spiro atoms. The van der Waals surface area contributed by atoms with Crippen LogP contribution in [0.3, 0.4) is 0 Å². The quantitative estimate of drug-likeness (QED) is 0.772. The van der Waals surface area contributed by atoms with Crippen molar-refractivity contribution in [2.45, 2.75) is 24.0 Å². The minimum absolute atomic E-state index is 0.00210. The van der Waals surface area contributed by atoms with Crippen LogP contribution < -0.4 is 4.72 Å². The van der Waals surface area contributed by atoms with Gasteiger partial charge in [-0.25, -0.2) is 8.42 Å². The Morgan fingerprint density at radius 2 is 1.67 bits per heavy atom. The Morgan fingerprint density at radius 1 is 1.08 bits per heavy atom. The average molecular weight is 349 g/mol. The van der Waals surface area contributed by atoms with Crippen molar-refractivity contribution >= 4 is 16.0 Å². The van der Waals surface area contributed by atoms with E-state index >= 15 is 0 Å². The van der Waals surface area contributed by atoms with Gasteiger partial charge in [-0.1, -0.05) is 48.0 Å². The summed E-state index contributed by atoms with van der Waals surface area (Å²) in [6, 6.07) is 13.0. The fourth-order valence-electron chi connectivity index (χ4n) is 2.16. The van der Waals surface area contributed by atoms with Gasteiger partial charge < -0.3 is 9.84 Å². The molecule has 1 unspecified atom stereocenters. The summed E-state index contributed by atoms with van der Waals surface area (Å²) in [5.41, 5.74) is 1.31. The van der Waals surface area contributed by atoms with Gasteiger partial charge >= 0.3 is 5.97 Å². The zero-order chi connectivity index (χ0) is 17.7. The molecule has 0 aromatic heterocycles. The number of methoxy groups -OCH3 is 1. The van der Waals surface area contributed by atoms with E-state index in [2.05, 4.69) is 9.46 Å². The minimum atomic E-state index is -4.00. The second-order valence-electron chi connectivity index (χ2n) is 5.29. The number of ether oxygens (including phenoxy) is 1. The summed E-state index contributed by atoms with van der Waals surface area (Å²) in [6.07, 6.45) is -1.38. The first kappa shape index (κ1) is 18.1. The van der Waals surface area contributed by atoms with Crippen LogP contribution in [0.1, 0.15) is 17.2 Å². The molecule has 2 aromatic rings. The van der Waals surface area contributed by atoms with Crippen LogP contribution in [0.25, 0.3) is 0 Å². The van der Waals surface area contributed by atoms with Gasteiger partial charge in [-0.2, -0.15) is 4.72 Å². The summed E-state index contributed by atoms with van der Waals surface area (Å²) in [6.45, 7) is 1.83. The lowest BCUT2D eigenvalue weighted by atomic mass is 10.0. The van der Waals surface area contributed by atoms with E-state index < -0.39 is 28.1 Å². The third-order valence-corrected chi connectivity index (χ3v) is 4.98. The summed E-state index contributed by atoms with van der Waals surface area (Å²) < 4.78 is 31.8. The topological polar surface area (TPSA) is 92.7 Å². The maximum absolute atomic E-state index is 12.5. The molecular weight excluding hydrogens is 330 g/mol. The number of carbonyl (C=O) groups is 1. The number of esters is 1. The zero-order valence-electron chi connectivity index (χ0n) is 13.3. The van der Waals surface area contributed by atoms with Crippen LogP contribution in [0, 0.1) is 6.92 Å². The maximum atomic E-state index is 12.5. The molecule has 0 aliphatic rings. The predicted molar refractivity (Wildman–Crippen MR) is 88.7 cm³/mol. The first-order valence-electron chi connectivity index (χ1n) is 7.25. The van der Waals surface area contributed by atoms with Crippen LogP contribution in [0.5, 0.6) is 0 Å². The number of aliphatic hydroxyl groups is 1. The van der Waals surface area contributed by atoms with Gasteiger partial charge in [-0.05, 0) is 24.6 Å². The monoisotopic (exact) mass is 349 g/mol. The van der Waals surface area contributed by atoms with Gasteiger partial charge in [-0.3, -0.25) is 4.79 Å². The summed E-state index contributed by atoms with van der Waals surface area (Å²) in [7, 11) is -2.86. The van der Waals surface area contributed by atoms with Crippen LogP contribution in [0.4, 0.5) is 0 Å². The van der Waals surface area contributed by atoms with Gasteiger partial charge in [0.05, 0.1) is 12.0 Å². The van der Waals surface area contributed by atoms with Gasteiger partial charge in [0.2, 0.25) is 10.0 Å². The molecule has 0 radical (unpaired) electrons. The summed E-state index contributed by atoms with van der Waals surface area (Å²) in [5.74, 6) is -0.873. The molecule has 24 heavy (non-hydrogen) atoms. The van der Waals surface area contributed by atoms with E-state index in [9.17, 15) is 18.3 Å². The number of nitrogens with one attached hydrogen (secondary N) is 1. The molecule has 0 bridgehead atoms. The molecule has 7 heteroatoms. The number of sulfonamides is 1. The number of carbonyl (C=O) groups excluding carboxylic acids is 1. The van der Waals surface area contributed by atoms with E-state index in [-0.39, 0.29) is 4.90 Å². The summed E-state index contributed by atoms with van der Waals surface area (Å²) in [5, 5.41) is 10.4. The van der Waals surface area contributed by atoms with Crippen molar-refractivity contribution < 1.29 is 23.1 Å². The van der Waals surface area contributed by atoms with Gasteiger partial charge in [0.15, 0.2) is 0 Å². The Bertz CT molecular complexity index is 787. The van der Waals surface area contributed by atoms with Crippen molar-refractivity contribution in [1.82, 2.24) is 4.72 Å². The van der Waals surface area contributed by atoms with E-state index in [0.29, 0.717) is 5.56 Å². The highest BCUT2D eigenvalue weighted by molar-refractivity contribution is 7.89. The third kappa shape index (κ3) is 4.19. The van der Waals surface area contributed by atoms with E-state index in [1.807, 2.05) is 6.92 Å². The van der Waals surface area contributed by atoms with Crippen molar-refractivity contribution in [1.29, 1.82) is 0 Å². The van der Waals surface area contributed by atoms with Crippen LogP contribution in [-0.2, 0) is 19.6 Å². The summed E-state index contributed by atoms with van der Waals surface area (Å²) >= 11 is 0. The molecule has 0 saturated carbocycles. The Hall–Kier alpha value is -2.22. The molecule has 6 nitrogen and oxygen atoms in total. The van der Waals surface area contributed by atoms with Gasteiger partial charge in [0, 0.05) is 0 Å². The molecule has 0 saturated heterocycles. The highest BCUT2D eigenvalue weighted by Crippen LogP contribution is 2.20. The number of rotatable bonds is 6. The Labute approximate surface area is 141 Å². The molecule has 2 rings (SSSR count). The first-order chi connectivity index (χ1) is 11.3. The van der Waals surface area contributed by atoms with Crippen molar-refractivity contribution in [3.8, 4) is 0 Å². The highest BCUT2D eigenvalue weighted by Gasteiger charge is 2.33. The molecular formula is C17H19NO5S. The van der Waals surface area contributed by atoms with E-state index in [0.717, 1.165) is 12.7 Å². The van der Waals surface area contributed by atoms with Crippen molar-refractivity contribution in [3.05, 3.63) is 65.7 Å². The maximum Gasteiger partial charge on any atom is 0.326 e. The van der Waals surface area contributed by atoms with Crippen molar-refractivity contribution in [2.24, 2.45) is 0 Å². The second-order valence-corrected chi connectivity index (χ2v) is 7.00. The third-order valence-electron chi connectivity index (χ3n) is 3.53. The van der Waals surface area contributed by atoms with Crippen LogP contribution in [-0.4, -0.2) is 32.6 Å². The van der Waals surface area contributed by atoms with Crippen molar-refractivity contribution in [3.63, 3.8) is 0 Å². The van der Waals surface area contributed by atoms with Crippen LogP contribution in [0.2, 0.25) is 0 Å². The Kier molecular flexibility index (Phi) is 5.71. The summed E-state index contributed by atoms with van der Waals surface area (Å²) in [4.78, 5) is 12.0. The molecule has 2 N–H and O–H groups in total. The molecule has 0 aliphatic heterocycles.